The molecule has 29 heavy (non-hydrogen) atoms. The summed E-state index contributed by atoms with van der Waals surface area (Å²) in [7, 11) is 3.68. The van der Waals surface area contributed by atoms with Gasteiger partial charge < -0.3 is 14.8 Å². The monoisotopic (exact) mass is 392 g/mol. The van der Waals surface area contributed by atoms with Crippen LogP contribution < -0.4 is 10.9 Å². The van der Waals surface area contributed by atoms with Crippen molar-refractivity contribution in [3.63, 3.8) is 0 Å². The Morgan fingerprint density at radius 2 is 1.66 bits per heavy atom. The van der Waals surface area contributed by atoms with E-state index >= 15 is 0 Å². The molecule has 0 aliphatic carbocycles. The van der Waals surface area contributed by atoms with Crippen LogP contribution in [0.25, 0.3) is 0 Å². The maximum atomic E-state index is 13.1. The summed E-state index contributed by atoms with van der Waals surface area (Å²) in [5, 5.41) is 3.34. The number of pyridine rings is 1. The molecule has 0 bridgehead atoms. The molecule has 1 N–H and O–H groups in total. The van der Waals surface area contributed by atoms with Crippen LogP contribution in [-0.4, -0.2) is 29.5 Å². The zero-order valence-corrected chi connectivity index (χ0v) is 16.7. The van der Waals surface area contributed by atoms with E-state index in [2.05, 4.69) is 10.3 Å². The van der Waals surface area contributed by atoms with Gasteiger partial charge in [-0.2, -0.15) is 0 Å². The first kappa shape index (κ1) is 20.3. The Morgan fingerprint density at radius 3 is 2.31 bits per heavy atom. The van der Waals surface area contributed by atoms with Crippen molar-refractivity contribution in [2.24, 2.45) is 4.99 Å². The number of hydrogen-bond acceptors (Lipinski definition) is 2. The summed E-state index contributed by atoms with van der Waals surface area (Å²) in [4.78, 5) is 18.1. The number of aromatic nitrogens is 1. The molecule has 0 unspecified atom stereocenters. The maximum absolute atomic E-state index is 13.1. The van der Waals surface area contributed by atoms with Crippen LogP contribution in [0.1, 0.15) is 16.7 Å². The van der Waals surface area contributed by atoms with Crippen molar-refractivity contribution in [2.75, 3.05) is 14.1 Å². The molecule has 0 saturated carbocycles. The normalized spacial score (nSPS) is 11.3. The van der Waals surface area contributed by atoms with Crippen LogP contribution in [0.15, 0.2) is 82.7 Å². The Bertz CT molecular complexity index is 1010. The van der Waals surface area contributed by atoms with E-state index in [9.17, 15) is 9.18 Å². The van der Waals surface area contributed by atoms with E-state index in [1.165, 1.54) is 12.1 Å². The predicted octanol–water partition coefficient (Wildman–Crippen LogP) is 3.24. The highest BCUT2D eigenvalue weighted by Gasteiger charge is 2.07. The minimum absolute atomic E-state index is 0.00812. The van der Waals surface area contributed by atoms with E-state index in [-0.39, 0.29) is 11.4 Å². The van der Waals surface area contributed by atoms with E-state index in [1.807, 2.05) is 42.3 Å². The summed E-state index contributed by atoms with van der Waals surface area (Å²) in [6.07, 6.45) is 1.79. The smallest absolute Gasteiger partial charge is 0.250 e. The van der Waals surface area contributed by atoms with Gasteiger partial charge in [-0.1, -0.05) is 42.5 Å². The van der Waals surface area contributed by atoms with Crippen molar-refractivity contribution in [3.05, 3.63) is 106 Å². The Kier molecular flexibility index (Phi) is 6.79. The number of aliphatic imine (C=N–C) groups is 1. The van der Waals surface area contributed by atoms with E-state index in [4.69, 9.17) is 0 Å². The van der Waals surface area contributed by atoms with Gasteiger partial charge in [0.15, 0.2) is 5.96 Å². The zero-order valence-electron chi connectivity index (χ0n) is 16.7. The van der Waals surface area contributed by atoms with Crippen molar-refractivity contribution in [1.29, 1.82) is 0 Å². The Hall–Kier alpha value is -3.41. The molecule has 5 nitrogen and oxygen atoms in total. The van der Waals surface area contributed by atoms with Gasteiger partial charge in [-0.05, 0) is 34.9 Å². The first-order chi connectivity index (χ1) is 14.0. The number of hydrogen-bond donors (Lipinski definition) is 1. The second-order valence-corrected chi connectivity index (χ2v) is 6.87. The predicted molar refractivity (Wildman–Crippen MR) is 114 cm³/mol. The average molecular weight is 392 g/mol. The fourth-order valence-electron chi connectivity index (χ4n) is 3.05. The van der Waals surface area contributed by atoms with Gasteiger partial charge in [0.1, 0.15) is 5.82 Å². The number of rotatable bonds is 6. The number of benzene rings is 2. The van der Waals surface area contributed by atoms with Crippen molar-refractivity contribution >= 4 is 5.96 Å². The van der Waals surface area contributed by atoms with Crippen LogP contribution in [-0.2, 0) is 19.6 Å². The molecule has 0 spiro atoms. The first-order valence-electron chi connectivity index (χ1n) is 9.44. The van der Waals surface area contributed by atoms with Crippen molar-refractivity contribution in [1.82, 2.24) is 14.8 Å². The number of nitrogens with zero attached hydrogens (tertiary/aromatic N) is 3. The van der Waals surface area contributed by atoms with Crippen LogP contribution in [0.5, 0.6) is 0 Å². The molecule has 0 saturated heterocycles. The Balaban J connectivity index is 1.56. The molecular weight excluding hydrogens is 367 g/mol. The van der Waals surface area contributed by atoms with Gasteiger partial charge in [0, 0.05) is 39.4 Å². The average Bonchev–Trinajstić information content (AvgIpc) is 2.73. The molecule has 150 valence electrons. The lowest BCUT2D eigenvalue weighted by Gasteiger charge is -2.22. The lowest BCUT2D eigenvalue weighted by atomic mass is 10.1. The summed E-state index contributed by atoms with van der Waals surface area (Å²) in [6.45, 7) is 1.81. The highest BCUT2D eigenvalue weighted by atomic mass is 19.1. The summed E-state index contributed by atoms with van der Waals surface area (Å²) in [5.74, 6) is 0.522. The van der Waals surface area contributed by atoms with Gasteiger partial charge in [0.05, 0.1) is 6.54 Å². The quantitative estimate of drug-likeness (QED) is 0.518. The third-order valence-electron chi connectivity index (χ3n) is 4.63. The molecule has 1 heterocycles. The fraction of sp³-hybridized carbons (Fsp3) is 0.217. The second-order valence-electron chi connectivity index (χ2n) is 6.87. The third-order valence-corrected chi connectivity index (χ3v) is 4.63. The molecule has 0 aliphatic rings. The van der Waals surface area contributed by atoms with E-state index < -0.39 is 0 Å². The standard InChI is InChI=1S/C23H25FN4O/c1-25-23(27(2)16-19-10-12-21(24)13-11-19)26-15-18-6-8-20(9-7-18)17-28-14-4-3-5-22(28)29/h3-14H,15-17H2,1-2H3,(H,25,26). The molecule has 3 rings (SSSR count). The zero-order chi connectivity index (χ0) is 20.6. The molecule has 6 heteroatoms. The van der Waals surface area contributed by atoms with Crippen LogP contribution >= 0.6 is 0 Å². The molecule has 1 aromatic heterocycles. The van der Waals surface area contributed by atoms with Gasteiger partial charge in [-0.15, -0.1) is 0 Å². The van der Waals surface area contributed by atoms with Crippen molar-refractivity contribution in [2.45, 2.75) is 19.6 Å². The number of nitrogens with one attached hydrogen (secondary N) is 1. The summed E-state index contributed by atoms with van der Waals surface area (Å²) in [5.41, 5.74) is 3.19. The minimum atomic E-state index is -0.237. The minimum Gasteiger partial charge on any atom is -0.352 e. The number of guanidine groups is 1. The van der Waals surface area contributed by atoms with Gasteiger partial charge in [-0.3, -0.25) is 9.79 Å². The molecule has 0 atom stereocenters. The van der Waals surface area contributed by atoms with E-state index in [0.717, 1.165) is 22.6 Å². The molecular formula is C23H25FN4O. The summed E-state index contributed by atoms with van der Waals surface area (Å²) >= 11 is 0. The highest BCUT2D eigenvalue weighted by molar-refractivity contribution is 5.79. The molecule has 3 aromatic rings. The van der Waals surface area contributed by atoms with Crippen molar-refractivity contribution < 1.29 is 4.39 Å². The van der Waals surface area contributed by atoms with E-state index in [1.54, 1.807) is 42.1 Å². The SMILES string of the molecule is CN=C(NCc1ccc(Cn2ccccc2=O)cc1)N(C)Cc1ccc(F)cc1. The van der Waals surface area contributed by atoms with Crippen LogP contribution in [0.2, 0.25) is 0 Å². The summed E-state index contributed by atoms with van der Waals surface area (Å²) < 4.78 is 14.7. The molecule has 0 fully saturated rings. The number of halogens is 1. The van der Waals surface area contributed by atoms with Crippen LogP contribution in [0.3, 0.4) is 0 Å². The fourth-order valence-corrected chi connectivity index (χ4v) is 3.05. The second kappa shape index (κ2) is 9.68. The van der Waals surface area contributed by atoms with Gasteiger partial charge in [0.25, 0.3) is 5.56 Å². The maximum Gasteiger partial charge on any atom is 0.250 e. The Morgan fingerprint density at radius 1 is 1.00 bits per heavy atom. The van der Waals surface area contributed by atoms with Crippen molar-refractivity contribution in [3.8, 4) is 0 Å². The largest absolute Gasteiger partial charge is 0.352 e. The molecule has 0 amide bonds. The lowest BCUT2D eigenvalue weighted by molar-refractivity contribution is 0.476. The van der Waals surface area contributed by atoms with Crippen LogP contribution in [0.4, 0.5) is 4.39 Å². The van der Waals surface area contributed by atoms with Gasteiger partial charge in [0.2, 0.25) is 0 Å². The van der Waals surface area contributed by atoms with Crippen LogP contribution in [0, 0.1) is 5.82 Å². The first-order valence-corrected chi connectivity index (χ1v) is 9.44. The topological polar surface area (TPSA) is 49.6 Å². The Labute approximate surface area is 170 Å². The highest BCUT2D eigenvalue weighted by Crippen LogP contribution is 2.08. The molecule has 2 aromatic carbocycles. The van der Waals surface area contributed by atoms with Gasteiger partial charge >= 0.3 is 0 Å². The molecule has 0 aliphatic heterocycles. The lowest BCUT2D eigenvalue weighted by Crippen LogP contribution is -2.38. The van der Waals surface area contributed by atoms with Gasteiger partial charge in [-0.25, -0.2) is 4.39 Å². The summed E-state index contributed by atoms with van der Waals surface area (Å²) in [6, 6.07) is 19.8. The third kappa shape index (κ3) is 5.78. The van der Waals surface area contributed by atoms with E-state index in [0.29, 0.717) is 19.6 Å². The molecule has 0 radical (unpaired) electrons.